The Balaban J connectivity index is 1.61. The number of hydrogen-bond acceptors (Lipinski definition) is 5. The molecule has 13 heteroatoms. The van der Waals surface area contributed by atoms with Crippen LogP contribution in [0.2, 0.25) is 0 Å². The summed E-state index contributed by atoms with van der Waals surface area (Å²) in [7, 11) is -3.52. The number of nitrogens with zero attached hydrogens (tertiary/aromatic N) is 1. The second-order valence-electron chi connectivity index (χ2n) is 9.51. The van der Waals surface area contributed by atoms with Crippen molar-refractivity contribution in [1.82, 2.24) is 4.90 Å². The van der Waals surface area contributed by atoms with Gasteiger partial charge in [0.1, 0.15) is 6.04 Å². The molecule has 4 rings (SSSR count). The lowest BCUT2D eigenvalue weighted by Gasteiger charge is -2.32. The van der Waals surface area contributed by atoms with E-state index < -0.39 is 45.3 Å². The van der Waals surface area contributed by atoms with Gasteiger partial charge in [0.05, 0.1) is 4.90 Å². The molecule has 6 nitrogen and oxygen atoms in total. The van der Waals surface area contributed by atoms with E-state index in [9.17, 15) is 44.7 Å². The van der Waals surface area contributed by atoms with Crippen molar-refractivity contribution in [3.05, 3.63) is 95.1 Å². The molecule has 214 valence electrons. The van der Waals surface area contributed by atoms with Crippen molar-refractivity contribution < 1.29 is 44.7 Å². The molecule has 0 fully saturated rings. The van der Waals surface area contributed by atoms with Crippen molar-refractivity contribution >= 4 is 21.4 Å². The van der Waals surface area contributed by atoms with Crippen molar-refractivity contribution in [3.8, 4) is 0 Å². The van der Waals surface area contributed by atoms with Crippen LogP contribution < -0.4 is 5.32 Å². The number of amides is 1. The summed E-state index contributed by atoms with van der Waals surface area (Å²) in [5, 5.41) is 12.1. The summed E-state index contributed by atoms with van der Waals surface area (Å²) in [6, 6.07) is 15.4. The van der Waals surface area contributed by atoms with Crippen LogP contribution in [0, 0.1) is 0 Å². The number of anilines is 1. The fourth-order valence-electron chi connectivity index (χ4n) is 4.65. The van der Waals surface area contributed by atoms with Gasteiger partial charge in [-0.15, -0.1) is 0 Å². The van der Waals surface area contributed by atoms with Crippen LogP contribution in [0.1, 0.15) is 28.3 Å². The standard InChI is InChI=1S/C27H24F6N2O4S/c1-40(38,39)21-11-12-22-18(15-21)16-35(14-13-17-5-3-2-4-6-17)23(22)24(36)34-20-9-7-19(8-10-20)25(37,26(28,29)30)27(31,32)33/h2-12,15,23,37H,13-14,16H2,1H3,(H,34,36). The third kappa shape index (κ3) is 5.72. The lowest BCUT2D eigenvalue weighted by Crippen LogP contribution is -2.53. The van der Waals surface area contributed by atoms with E-state index in [1.54, 1.807) is 4.90 Å². The molecule has 0 aliphatic carbocycles. The second kappa shape index (κ2) is 10.5. The molecule has 0 bridgehead atoms. The summed E-state index contributed by atoms with van der Waals surface area (Å²) in [5.74, 6) is -0.617. The summed E-state index contributed by atoms with van der Waals surface area (Å²) >= 11 is 0. The highest BCUT2D eigenvalue weighted by Crippen LogP contribution is 2.50. The molecule has 1 atom stereocenters. The van der Waals surface area contributed by atoms with E-state index in [-0.39, 0.29) is 17.1 Å². The third-order valence-electron chi connectivity index (χ3n) is 6.75. The van der Waals surface area contributed by atoms with Gasteiger partial charge in [0, 0.05) is 30.6 Å². The zero-order valence-electron chi connectivity index (χ0n) is 20.9. The highest BCUT2D eigenvalue weighted by molar-refractivity contribution is 7.90. The number of fused-ring (bicyclic) bond motifs is 1. The maximum Gasteiger partial charge on any atom is 0.430 e. The number of hydrogen-bond donors (Lipinski definition) is 2. The monoisotopic (exact) mass is 586 g/mol. The summed E-state index contributed by atoms with van der Waals surface area (Å²) in [6.07, 6.45) is -10.5. The van der Waals surface area contributed by atoms with Crippen LogP contribution >= 0.6 is 0 Å². The predicted octanol–water partition coefficient (Wildman–Crippen LogP) is 5.14. The molecule has 0 saturated heterocycles. The molecule has 3 aromatic carbocycles. The smallest absolute Gasteiger partial charge is 0.369 e. The molecule has 1 heterocycles. The first-order valence-corrected chi connectivity index (χ1v) is 13.8. The molecule has 0 radical (unpaired) electrons. The van der Waals surface area contributed by atoms with Crippen molar-refractivity contribution in [2.75, 3.05) is 18.1 Å². The summed E-state index contributed by atoms with van der Waals surface area (Å²) in [6.45, 7) is 0.640. The molecule has 1 amide bonds. The van der Waals surface area contributed by atoms with Crippen molar-refractivity contribution in [3.63, 3.8) is 0 Å². The van der Waals surface area contributed by atoms with E-state index in [0.29, 0.717) is 36.2 Å². The van der Waals surface area contributed by atoms with E-state index in [0.717, 1.165) is 24.0 Å². The number of rotatable bonds is 7. The minimum Gasteiger partial charge on any atom is -0.369 e. The maximum atomic E-state index is 13.4. The fourth-order valence-corrected chi connectivity index (χ4v) is 5.32. The van der Waals surface area contributed by atoms with Crippen LogP contribution in [0.25, 0.3) is 0 Å². The quantitative estimate of drug-likeness (QED) is 0.375. The van der Waals surface area contributed by atoms with Gasteiger partial charge in [-0.2, -0.15) is 26.3 Å². The van der Waals surface area contributed by atoms with E-state index in [4.69, 9.17) is 0 Å². The summed E-state index contributed by atoms with van der Waals surface area (Å²) in [4.78, 5) is 15.3. The lowest BCUT2D eigenvalue weighted by atomic mass is 9.92. The van der Waals surface area contributed by atoms with E-state index >= 15 is 0 Å². The van der Waals surface area contributed by atoms with Crippen LogP contribution in [-0.4, -0.2) is 49.5 Å². The topological polar surface area (TPSA) is 86.7 Å². The second-order valence-corrected chi connectivity index (χ2v) is 11.5. The Morgan fingerprint density at radius 1 is 0.950 bits per heavy atom. The van der Waals surface area contributed by atoms with Gasteiger partial charge in [0.25, 0.3) is 5.60 Å². The van der Waals surface area contributed by atoms with Crippen molar-refractivity contribution in [1.29, 1.82) is 0 Å². The average molecular weight is 587 g/mol. The Kier molecular flexibility index (Phi) is 7.78. The molecule has 2 N–H and O–H groups in total. The lowest BCUT2D eigenvalue weighted by molar-refractivity contribution is -0.376. The minimum absolute atomic E-state index is 0.0766. The van der Waals surface area contributed by atoms with Gasteiger partial charge in [-0.1, -0.05) is 48.5 Å². The number of carbonyl (C=O) groups is 1. The van der Waals surface area contributed by atoms with Crippen LogP contribution in [0.15, 0.2) is 77.7 Å². The number of carbonyl (C=O) groups excluding carboxylic acids is 1. The first kappa shape index (κ1) is 29.6. The number of nitrogens with one attached hydrogen (secondary N) is 1. The Bertz CT molecular complexity index is 1480. The molecule has 40 heavy (non-hydrogen) atoms. The maximum absolute atomic E-state index is 13.4. The van der Waals surface area contributed by atoms with Crippen LogP contribution in [-0.2, 0) is 33.2 Å². The van der Waals surface area contributed by atoms with Crippen LogP contribution in [0.3, 0.4) is 0 Å². The molecule has 1 aliphatic heterocycles. The highest BCUT2D eigenvalue weighted by Gasteiger charge is 2.71. The summed E-state index contributed by atoms with van der Waals surface area (Å²) < 4.78 is 103. The number of aliphatic hydroxyl groups is 1. The largest absolute Gasteiger partial charge is 0.430 e. The molecular formula is C27H24F6N2O4S. The van der Waals surface area contributed by atoms with Gasteiger partial charge in [0.2, 0.25) is 5.91 Å². The van der Waals surface area contributed by atoms with Gasteiger partial charge in [-0.25, -0.2) is 8.42 Å². The Morgan fingerprint density at radius 2 is 1.55 bits per heavy atom. The third-order valence-corrected chi connectivity index (χ3v) is 7.86. The first-order chi connectivity index (χ1) is 18.5. The van der Waals surface area contributed by atoms with Gasteiger partial charge in [0.15, 0.2) is 9.84 Å². The Hall–Kier alpha value is -3.42. The van der Waals surface area contributed by atoms with Gasteiger partial charge < -0.3 is 10.4 Å². The first-order valence-electron chi connectivity index (χ1n) is 11.9. The van der Waals surface area contributed by atoms with E-state index in [2.05, 4.69) is 5.32 Å². The van der Waals surface area contributed by atoms with E-state index in [1.807, 2.05) is 30.3 Å². The van der Waals surface area contributed by atoms with Crippen molar-refractivity contribution in [2.24, 2.45) is 0 Å². The van der Waals surface area contributed by atoms with Crippen LogP contribution in [0.4, 0.5) is 32.0 Å². The fraction of sp³-hybridized carbons (Fsp3) is 0.296. The number of alkyl halides is 6. The van der Waals surface area contributed by atoms with E-state index in [1.165, 1.54) is 18.2 Å². The zero-order chi connectivity index (χ0) is 29.5. The molecule has 1 aliphatic rings. The molecule has 0 spiro atoms. The predicted molar refractivity (Wildman–Crippen MR) is 134 cm³/mol. The number of benzene rings is 3. The average Bonchev–Trinajstić information content (AvgIpc) is 3.24. The summed E-state index contributed by atoms with van der Waals surface area (Å²) in [5.41, 5.74) is -4.51. The Labute approximate surface area is 226 Å². The molecule has 1 unspecified atom stereocenters. The zero-order valence-corrected chi connectivity index (χ0v) is 21.7. The number of sulfone groups is 1. The van der Waals surface area contributed by atoms with Crippen molar-refractivity contribution in [2.45, 2.75) is 41.9 Å². The highest BCUT2D eigenvalue weighted by atomic mass is 32.2. The number of halogens is 6. The van der Waals surface area contributed by atoms with Crippen LogP contribution in [0.5, 0.6) is 0 Å². The molecule has 0 saturated carbocycles. The minimum atomic E-state index is -6.03. The normalized spacial score (nSPS) is 16.6. The Morgan fingerprint density at radius 3 is 2.10 bits per heavy atom. The van der Waals surface area contributed by atoms with Gasteiger partial charge in [-0.3, -0.25) is 9.69 Å². The van der Waals surface area contributed by atoms with Gasteiger partial charge >= 0.3 is 12.4 Å². The SMILES string of the molecule is CS(=O)(=O)c1ccc2c(c1)CN(CCc1ccccc1)C2C(=O)Nc1ccc(C(O)(C(F)(F)F)C(F)(F)F)cc1. The molecule has 0 aromatic heterocycles. The van der Waals surface area contributed by atoms with Gasteiger partial charge in [-0.05, 0) is 47.4 Å². The molecule has 3 aromatic rings. The molecular weight excluding hydrogens is 562 g/mol.